The summed E-state index contributed by atoms with van der Waals surface area (Å²) in [7, 11) is -4.32. The van der Waals surface area contributed by atoms with Crippen molar-refractivity contribution < 1.29 is 18.4 Å². The van der Waals surface area contributed by atoms with E-state index in [0.29, 0.717) is 0 Å². The highest BCUT2D eigenvalue weighted by atomic mass is 28.4. The van der Waals surface area contributed by atoms with Crippen LogP contribution in [-0.4, -0.2) is 28.6 Å². The molecule has 0 atom stereocenters. The minimum absolute atomic E-state index is 0.0574. The Kier molecular flexibility index (Phi) is 6.43. The van der Waals surface area contributed by atoms with Gasteiger partial charge in [0.25, 0.3) is 16.6 Å². The van der Waals surface area contributed by atoms with Crippen LogP contribution in [0, 0.1) is 0 Å². The van der Waals surface area contributed by atoms with Gasteiger partial charge in [-0.3, -0.25) is 0 Å². The van der Waals surface area contributed by atoms with E-state index < -0.39 is 28.6 Å². The first-order chi connectivity index (χ1) is 9.49. The average Bonchev–Trinajstić information content (AvgIpc) is 2.21. The lowest BCUT2D eigenvalue weighted by Crippen LogP contribution is -2.42. The fraction of sp³-hybridized carbons (Fsp3) is 0.750. The molecule has 0 rings (SSSR count). The van der Waals surface area contributed by atoms with Crippen LogP contribution in [0.15, 0.2) is 12.2 Å². The van der Waals surface area contributed by atoms with Gasteiger partial charge < -0.3 is 8.85 Å². The molecule has 0 heterocycles. The summed E-state index contributed by atoms with van der Waals surface area (Å²) in [6, 6.07) is 0. The Bertz CT molecular complexity index is 410. The second-order valence-corrected chi connectivity index (χ2v) is 18.1. The Labute approximate surface area is 137 Å². The molecule has 4 nitrogen and oxygen atoms in total. The van der Waals surface area contributed by atoms with Crippen LogP contribution in [0.1, 0.15) is 41.5 Å². The lowest BCUT2D eigenvalue weighted by molar-refractivity contribution is -0.132. The Balaban J connectivity index is 4.75. The normalized spacial score (nSPS) is 14.1. The van der Waals surface area contributed by atoms with Gasteiger partial charge in [-0.1, -0.05) is 41.5 Å². The van der Waals surface area contributed by atoms with Gasteiger partial charge in [0.15, 0.2) is 0 Å². The third kappa shape index (κ3) is 6.08. The Morgan fingerprint density at radius 1 is 0.682 bits per heavy atom. The molecule has 0 saturated carbocycles. The largest absolute Gasteiger partial charge is 0.516 e. The monoisotopic (exact) mass is 344 g/mol. The van der Waals surface area contributed by atoms with Crippen LogP contribution in [0.25, 0.3) is 0 Å². The van der Waals surface area contributed by atoms with E-state index >= 15 is 0 Å². The van der Waals surface area contributed by atoms with Gasteiger partial charge in [-0.25, -0.2) is 9.59 Å². The van der Waals surface area contributed by atoms with Crippen LogP contribution in [0.2, 0.25) is 36.3 Å². The Morgan fingerprint density at radius 3 is 1.09 bits per heavy atom. The minimum Gasteiger partial charge on any atom is -0.516 e. The summed E-state index contributed by atoms with van der Waals surface area (Å²) >= 11 is 0. The van der Waals surface area contributed by atoms with Crippen molar-refractivity contribution in [1.29, 1.82) is 0 Å². The lowest BCUT2D eigenvalue weighted by atomic mass is 10.2. The topological polar surface area (TPSA) is 52.6 Å². The van der Waals surface area contributed by atoms with Gasteiger partial charge >= 0.3 is 11.9 Å². The third-order valence-corrected chi connectivity index (χ3v) is 13.3. The lowest BCUT2D eigenvalue weighted by Gasteiger charge is -2.35. The predicted molar refractivity (Wildman–Crippen MR) is 95.7 cm³/mol. The maximum atomic E-state index is 11.9. The molecule has 0 radical (unpaired) electrons. The Morgan fingerprint density at radius 2 is 0.909 bits per heavy atom. The molecule has 0 aliphatic carbocycles. The molecule has 0 N–H and O–H groups in total. The van der Waals surface area contributed by atoms with Crippen molar-refractivity contribution in [3.05, 3.63) is 12.2 Å². The number of rotatable bonds is 4. The summed E-state index contributed by atoms with van der Waals surface area (Å²) in [6.07, 6.45) is 2.35. The molecule has 0 fully saturated rings. The molecular weight excluding hydrogens is 312 g/mol. The maximum absolute atomic E-state index is 11.9. The smallest absolute Gasteiger partial charge is 0.317 e. The fourth-order valence-electron chi connectivity index (χ4n) is 1.01. The first-order valence-electron chi connectivity index (χ1n) is 7.64. The zero-order valence-electron chi connectivity index (χ0n) is 15.8. The van der Waals surface area contributed by atoms with Crippen molar-refractivity contribution in [2.45, 2.75) is 77.8 Å². The van der Waals surface area contributed by atoms with E-state index in [2.05, 4.69) is 41.5 Å². The molecule has 0 spiro atoms. The molecule has 6 heteroatoms. The third-order valence-electron chi connectivity index (χ3n) is 4.68. The van der Waals surface area contributed by atoms with E-state index in [1.165, 1.54) is 12.2 Å². The molecule has 0 aromatic carbocycles. The molecule has 0 bridgehead atoms. The van der Waals surface area contributed by atoms with Gasteiger partial charge in [0, 0.05) is 12.2 Å². The molecule has 0 aliphatic rings. The van der Waals surface area contributed by atoms with E-state index in [1.807, 2.05) is 26.2 Å². The van der Waals surface area contributed by atoms with Gasteiger partial charge in [-0.05, 0) is 36.3 Å². The fourth-order valence-corrected chi connectivity index (χ4v) is 2.77. The Hall–Kier alpha value is -0.886. The molecule has 0 aromatic heterocycles. The summed E-state index contributed by atoms with van der Waals surface area (Å²) in [5, 5.41) is -0.115. The molecule has 0 amide bonds. The van der Waals surface area contributed by atoms with Crippen LogP contribution in [-0.2, 0) is 18.4 Å². The quantitative estimate of drug-likeness (QED) is 0.551. The van der Waals surface area contributed by atoms with Crippen LogP contribution < -0.4 is 0 Å². The van der Waals surface area contributed by atoms with E-state index in [4.69, 9.17) is 8.85 Å². The van der Waals surface area contributed by atoms with Gasteiger partial charge in [0.2, 0.25) is 0 Å². The van der Waals surface area contributed by atoms with Crippen molar-refractivity contribution in [2.24, 2.45) is 0 Å². The van der Waals surface area contributed by atoms with E-state index in [1.54, 1.807) is 0 Å². The molecule has 0 saturated heterocycles. The average molecular weight is 345 g/mol. The van der Waals surface area contributed by atoms with Crippen LogP contribution >= 0.6 is 0 Å². The second kappa shape index (κ2) is 6.70. The molecule has 0 aliphatic heterocycles. The zero-order chi connectivity index (χ0) is 18.0. The molecule has 0 unspecified atom stereocenters. The van der Waals surface area contributed by atoms with E-state index in [-0.39, 0.29) is 10.1 Å². The highest BCUT2D eigenvalue weighted by molar-refractivity contribution is 6.76. The van der Waals surface area contributed by atoms with E-state index in [9.17, 15) is 9.59 Å². The van der Waals surface area contributed by atoms with Crippen molar-refractivity contribution >= 4 is 28.6 Å². The highest BCUT2D eigenvalue weighted by Crippen LogP contribution is 2.37. The van der Waals surface area contributed by atoms with Gasteiger partial charge in [0.05, 0.1) is 0 Å². The van der Waals surface area contributed by atoms with Crippen molar-refractivity contribution in [1.82, 2.24) is 0 Å². The predicted octanol–water partition coefficient (Wildman–Crippen LogP) is 4.64. The SMILES string of the molecule is CC(C)(C)[Si](C)(C)OC(=O)/C=C\C(=O)O[Si](C)(C)C(C)(C)C. The zero-order valence-corrected chi connectivity index (χ0v) is 17.8. The van der Waals surface area contributed by atoms with Crippen LogP contribution in [0.5, 0.6) is 0 Å². The summed E-state index contributed by atoms with van der Waals surface area (Å²) in [5.74, 6) is -0.947. The van der Waals surface area contributed by atoms with Gasteiger partial charge in [-0.2, -0.15) is 0 Å². The van der Waals surface area contributed by atoms with Crippen molar-refractivity contribution in [3.8, 4) is 0 Å². The molecule has 128 valence electrons. The number of carbonyl (C=O) groups is 2. The first-order valence-corrected chi connectivity index (χ1v) is 13.5. The molecule has 22 heavy (non-hydrogen) atoms. The summed E-state index contributed by atoms with van der Waals surface area (Å²) in [4.78, 5) is 23.8. The number of hydrogen-bond donors (Lipinski definition) is 0. The van der Waals surface area contributed by atoms with Crippen LogP contribution in [0.4, 0.5) is 0 Å². The highest BCUT2D eigenvalue weighted by Gasteiger charge is 2.41. The van der Waals surface area contributed by atoms with Crippen molar-refractivity contribution in [2.75, 3.05) is 0 Å². The first kappa shape index (κ1) is 21.1. The van der Waals surface area contributed by atoms with E-state index in [0.717, 1.165) is 0 Å². The number of carbonyl (C=O) groups excluding carboxylic acids is 2. The van der Waals surface area contributed by atoms with Crippen LogP contribution in [0.3, 0.4) is 0 Å². The number of hydrogen-bond acceptors (Lipinski definition) is 4. The minimum atomic E-state index is -2.16. The standard InChI is InChI=1S/C16H32O4Si2/c1-15(2,3)21(7,8)19-13(17)11-12-14(18)20-22(9,10)16(4,5)6/h11-12H,1-10H3/b12-11-. The summed E-state index contributed by atoms with van der Waals surface area (Å²) in [5.41, 5.74) is 0. The van der Waals surface area contributed by atoms with Gasteiger partial charge in [-0.15, -0.1) is 0 Å². The molecule has 0 aromatic rings. The van der Waals surface area contributed by atoms with Gasteiger partial charge in [0.1, 0.15) is 0 Å². The second-order valence-electron chi connectivity index (χ2n) is 8.70. The maximum Gasteiger partial charge on any atom is 0.317 e. The van der Waals surface area contributed by atoms with Crippen molar-refractivity contribution in [3.63, 3.8) is 0 Å². The molecular formula is C16H32O4Si2. The summed E-state index contributed by atoms with van der Waals surface area (Å²) in [6.45, 7) is 20.3. The summed E-state index contributed by atoms with van der Waals surface area (Å²) < 4.78 is 11.1.